The zero-order chi connectivity index (χ0) is 19.6. The van der Waals surface area contributed by atoms with Gasteiger partial charge in [0.25, 0.3) is 5.56 Å². The van der Waals surface area contributed by atoms with Crippen molar-refractivity contribution in [3.05, 3.63) is 33.4 Å². The van der Waals surface area contributed by atoms with Gasteiger partial charge in [-0.3, -0.25) is 14.8 Å². The Balaban J connectivity index is 1.89. The second kappa shape index (κ2) is 7.89. The largest absolute Gasteiger partial charge is 0.467 e. The van der Waals surface area contributed by atoms with Crippen LogP contribution in [-0.4, -0.2) is 71.0 Å². The molecule has 2 aromatic rings. The number of ether oxygens (including phenoxy) is 3. The third-order valence-corrected chi connectivity index (χ3v) is 4.33. The molecular weight excluding hydrogens is 356 g/mol. The molecule has 0 aliphatic carbocycles. The maximum atomic E-state index is 12.4. The standard InChI is InChI=1S/C17H22N4O6/c1-4-26-17(24)14-10(2)19-21-13(22)7-11(18-15(14)21)8-20-5-6-27-12(9-20)16(23)25-3/h7,12,19H,4-6,8-9H2,1-3H3/t12-/m0/s1. The number of aromatic amines is 1. The van der Waals surface area contributed by atoms with E-state index in [1.54, 1.807) is 13.8 Å². The number of hydrogen-bond acceptors (Lipinski definition) is 8. The van der Waals surface area contributed by atoms with E-state index < -0.39 is 18.0 Å². The second-order valence-electron chi connectivity index (χ2n) is 6.19. The average Bonchev–Trinajstić information content (AvgIpc) is 2.98. The number of aryl methyl sites for hydroxylation is 1. The van der Waals surface area contributed by atoms with Gasteiger partial charge < -0.3 is 14.2 Å². The number of morpholine rings is 1. The van der Waals surface area contributed by atoms with Gasteiger partial charge in [-0.25, -0.2) is 19.1 Å². The molecule has 1 aliphatic rings. The smallest absolute Gasteiger partial charge is 0.343 e. The van der Waals surface area contributed by atoms with Crippen molar-refractivity contribution in [1.82, 2.24) is 19.5 Å². The number of nitrogens with zero attached hydrogens (tertiary/aromatic N) is 3. The Morgan fingerprint density at radius 3 is 2.93 bits per heavy atom. The molecule has 1 atom stereocenters. The summed E-state index contributed by atoms with van der Waals surface area (Å²) in [5.41, 5.74) is 1.14. The number of H-pyrrole nitrogens is 1. The van der Waals surface area contributed by atoms with Crippen LogP contribution in [0, 0.1) is 6.92 Å². The van der Waals surface area contributed by atoms with E-state index in [0.29, 0.717) is 37.6 Å². The number of methoxy groups -OCH3 is 1. The van der Waals surface area contributed by atoms with E-state index in [-0.39, 0.29) is 23.4 Å². The van der Waals surface area contributed by atoms with Gasteiger partial charge in [0.2, 0.25) is 0 Å². The van der Waals surface area contributed by atoms with Crippen LogP contribution in [0.1, 0.15) is 28.7 Å². The first kappa shape index (κ1) is 19.1. The summed E-state index contributed by atoms with van der Waals surface area (Å²) < 4.78 is 16.4. The Morgan fingerprint density at radius 1 is 1.44 bits per heavy atom. The third kappa shape index (κ3) is 3.86. The molecule has 3 heterocycles. The highest BCUT2D eigenvalue weighted by Gasteiger charge is 2.28. The number of carbonyl (C=O) groups is 2. The molecule has 1 saturated heterocycles. The number of nitrogens with one attached hydrogen (secondary N) is 1. The fourth-order valence-corrected chi connectivity index (χ4v) is 3.07. The van der Waals surface area contributed by atoms with Crippen LogP contribution in [-0.2, 0) is 25.5 Å². The van der Waals surface area contributed by atoms with Crippen molar-refractivity contribution in [3.63, 3.8) is 0 Å². The maximum Gasteiger partial charge on any atom is 0.343 e. The molecule has 0 radical (unpaired) electrons. The molecule has 1 aliphatic heterocycles. The van der Waals surface area contributed by atoms with Gasteiger partial charge in [-0.15, -0.1) is 0 Å². The summed E-state index contributed by atoms with van der Waals surface area (Å²) in [4.78, 5) is 42.8. The topological polar surface area (TPSA) is 115 Å². The lowest BCUT2D eigenvalue weighted by atomic mass is 10.2. The average molecular weight is 378 g/mol. The Kier molecular flexibility index (Phi) is 5.57. The van der Waals surface area contributed by atoms with Gasteiger partial charge in [0.1, 0.15) is 5.56 Å². The first-order valence-corrected chi connectivity index (χ1v) is 8.64. The lowest BCUT2D eigenvalue weighted by Crippen LogP contribution is -2.46. The summed E-state index contributed by atoms with van der Waals surface area (Å²) in [6.45, 7) is 5.26. The lowest BCUT2D eigenvalue weighted by Gasteiger charge is -2.31. The number of fused-ring (bicyclic) bond motifs is 1. The summed E-state index contributed by atoms with van der Waals surface area (Å²) in [7, 11) is 1.31. The lowest BCUT2D eigenvalue weighted by molar-refractivity contribution is -0.160. The molecule has 10 heteroatoms. The van der Waals surface area contributed by atoms with Crippen LogP contribution in [0.4, 0.5) is 0 Å². The maximum absolute atomic E-state index is 12.4. The number of carbonyl (C=O) groups excluding carboxylic acids is 2. The first-order chi connectivity index (χ1) is 12.9. The summed E-state index contributed by atoms with van der Waals surface area (Å²) in [5.74, 6) is -0.969. The molecule has 27 heavy (non-hydrogen) atoms. The number of rotatable bonds is 5. The molecule has 0 amide bonds. The van der Waals surface area contributed by atoms with Gasteiger partial charge in [-0.1, -0.05) is 0 Å². The summed E-state index contributed by atoms with van der Waals surface area (Å²) in [6.07, 6.45) is -0.668. The molecule has 0 saturated carbocycles. The molecule has 0 unspecified atom stereocenters. The van der Waals surface area contributed by atoms with E-state index in [4.69, 9.17) is 14.2 Å². The van der Waals surface area contributed by atoms with Crippen LogP contribution < -0.4 is 5.56 Å². The van der Waals surface area contributed by atoms with Crippen LogP contribution in [0.5, 0.6) is 0 Å². The van der Waals surface area contributed by atoms with Crippen LogP contribution >= 0.6 is 0 Å². The van der Waals surface area contributed by atoms with Crippen LogP contribution in [0.2, 0.25) is 0 Å². The van der Waals surface area contributed by atoms with E-state index >= 15 is 0 Å². The summed E-state index contributed by atoms with van der Waals surface area (Å²) in [5, 5.41) is 2.84. The zero-order valence-corrected chi connectivity index (χ0v) is 15.5. The molecular formula is C17H22N4O6. The molecule has 1 N–H and O–H groups in total. The SMILES string of the molecule is CCOC(=O)c1c(C)[nH]n2c(=O)cc(CN3CCO[C@H](C(=O)OC)C3)nc12. The van der Waals surface area contributed by atoms with E-state index in [9.17, 15) is 14.4 Å². The molecule has 0 bridgehead atoms. The minimum absolute atomic E-state index is 0.224. The van der Waals surface area contributed by atoms with Gasteiger partial charge in [-0.05, 0) is 13.8 Å². The van der Waals surface area contributed by atoms with Crippen molar-refractivity contribution in [2.24, 2.45) is 0 Å². The van der Waals surface area contributed by atoms with E-state index in [1.165, 1.54) is 17.7 Å². The van der Waals surface area contributed by atoms with Crippen molar-refractivity contribution >= 4 is 17.6 Å². The van der Waals surface area contributed by atoms with Crippen molar-refractivity contribution in [1.29, 1.82) is 0 Å². The number of hydrogen-bond donors (Lipinski definition) is 1. The van der Waals surface area contributed by atoms with E-state index in [2.05, 4.69) is 10.1 Å². The predicted octanol–water partition coefficient (Wildman–Crippen LogP) is -0.118. The van der Waals surface area contributed by atoms with Gasteiger partial charge in [-0.2, -0.15) is 0 Å². The Hall–Kier alpha value is -2.72. The Morgan fingerprint density at radius 2 is 2.22 bits per heavy atom. The molecule has 10 nitrogen and oxygen atoms in total. The molecule has 3 rings (SSSR count). The van der Waals surface area contributed by atoms with Crippen molar-refractivity contribution in [2.75, 3.05) is 33.4 Å². The fraction of sp³-hybridized carbons (Fsp3) is 0.529. The predicted molar refractivity (Wildman–Crippen MR) is 93.5 cm³/mol. The Bertz CT molecular complexity index is 918. The molecule has 146 valence electrons. The molecule has 0 spiro atoms. The first-order valence-electron chi connectivity index (χ1n) is 8.64. The van der Waals surface area contributed by atoms with Gasteiger partial charge >= 0.3 is 11.9 Å². The van der Waals surface area contributed by atoms with Crippen molar-refractivity contribution in [2.45, 2.75) is 26.5 Å². The highest BCUT2D eigenvalue weighted by atomic mass is 16.6. The van der Waals surface area contributed by atoms with E-state index in [0.717, 1.165) is 0 Å². The summed E-state index contributed by atoms with van der Waals surface area (Å²) in [6, 6.07) is 1.40. The van der Waals surface area contributed by atoms with Crippen molar-refractivity contribution in [3.8, 4) is 0 Å². The quantitative estimate of drug-likeness (QED) is 0.716. The van der Waals surface area contributed by atoms with Gasteiger partial charge in [0.15, 0.2) is 11.8 Å². The minimum atomic E-state index is -0.668. The minimum Gasteiger partial charge on any atom is -0.467 e. The van der Waals surface area contributed by atoms with Gasteiger partial charge in [0.05, 0.1) is 26.0 Å². The van der Waals surface area contributed by atoms with Crippen molar-refractivity contribution < 1.29 is 23.8 Å². The van der Waals surface area contributed by atoms with Gasteiger partial charge in [0, 0.05) is 31.4 Å². The van der Waals surface area contributed by atoms with Crippen LogP contribution in [0.3, 0.4) is 0 Å². The molecule has 2 aromatic heterocycles. The Labute approximate surface area is 155 Å². The molecule has 0 aromatic carbocycles. The summed E-state index contributed by atoms with van der Waals surface area (Å²) >= 11 is 0. The highest BCUT2D eigenvalue weighted by Crippen LogP contribution is 2.15. The molecule has 1 fully saturated rings. The monoisotopic (exact) mass is 378 g/mol. The third-order valence-electron chi connectivity index (χ3n) is 4.33. The normalized spacial score (nSPS) is 17.8. The van der Waals surface area contributed by atoms with Crippen LogP contribution in [0.25, 0.3) is 5.65 Å². The zero-order valence-electron chi connectivity index (χ0n) is 15.5. The number of esters is 2. The van der Waals surface area contributed by atoms with Crippen LogP contribution in [0.15, 0.2) is 10.9 Å². The van der Waals surface area contributed by atoms with E-state index in [1.807, 2.05) is 4.90 Å². The second-order valence-corrected chi connectivity index (χ2v) is 6.19. The highest BCUT2D eigenvalue weighted by molar-refractivity contribution is 5.97. The number of aromatic nitrogens is 3. The fourth-order valence-electron chi connectivity index (χ4n) is 3.07.